The van der Waals surface area contributed by atoms with Gasteiger partial charge in [-0.15, -0.1) is 0 Å². The molecule has 0 aromatic rings. The lowest BCUT2D eigenvalue weighted by Gasteiger charge is -2.27. The van der Waals surface area contributed by atoms with Gasteiger partial charge >= 0.3 is 5.97 Å². The van der Waals surface area contributed by atoms with Gasteiger partial charge in [-0.1, -0.05) is 0 Å². The summed E-state index contributed by atoms with van der Waals surface area (Å²) in [4.78, 5) is 12.5. The first kappa shape index (κ1) is 61.3. The maximum absolute atomic E-state index is 12.5. The van der Waals surface area contributed by atoms with Crippen molar-refractivity contribution in [2.75, 3.05) is 112 Å². The van der Waals surface area contributed by atoms with Crippen molar-refractivity contribution in [3.05, 3.63) is 0 Å². The van der Waals surface area contributed by atoms with Gasteiger partial charge in [-0.3, -0.25) is 0 Å². The summed E-state index contributed by atoms with van der Waals surface area (Å²) in [7, 11) is 0.431. The summed E-state index contributed by atoms with van der Waals surface area (Å²) >= 11 is 0. The average Bonchev–Trinajstić information content (AvgIpc) is 3.62. The van der Waals surface area contributed by atoms with Crippen LogP contribution in [-0.4, -0.2) is 196 Å². The van der Waals surface area contributed by atoms with Crippen LogP contribution < -0.4 is 22.9 Å². The van der Waals surface area contributed by atoms with E-state index < -0.39 is 67.2 Å². The molecule has 66 heavy (non-hydrogen) atoms. The lowest BCUT2D eigenvalue weighted by Crippen LogP contribution is -2.44. The maximum Gasteiger partial charge on any atom is 0.332 e. The summed E-state index contributed by atoms with van der Waals surface area (Å²) in [6.07, 6.45) is -0.819. The molecule has 4 saturated heterocycles. The fraction of sp³-hybridized carbons (Fsp3) is 0.977. The predicted molar refractivity (Wildman–Crippen MR) is 246 cm³/mol. The number of esters is 1. The van der Waals surface area contributed by atoms with Crippen molar-refractivity contribution in [3.8, 4) is 0 Å². The molecule has 0 saturated carbocycles. The Morgan fingerprint density at radius 1 is 0.636 bits per heavy atom. The van der Waals surface area contributed by atoms with Crippen LogP contribution in [0, 0.1) is 0 Å². The molecule has 8 N–H and O–H groups in total. The summed E-state index contributed by atoms with van der Waals surface area (Å²) in [6.45, 7) is 26.4. The van der Waals surface area contributed by atoms with Crippen LogP contribution in [-0.2, 0) is 80.4 Å². The van der Waals surface area contributed by atoms with Crippen molar-refractivity contribution < 1.29 is 80.4 Å². The maximum atomic E-state index is 12.5. The highest BCUT2D eigenvalue weighted by atomic mass is 31.1. The number of nitrogens with two attached hydrogens (primary N) is 4. The fourth-order valence-corrected chi connectivity index (χ4v) is 7.54. The molecule has 9 unspecified atom stereocenters. The van der Waals surface area contributed by atoms with Gasteiger partial charge in [0, 0.05) is 6.61 Å². The number of ether oxygens (including phenoxy) is 15. The second kappa shape index (κ2) is 30.1. The van der Waals surface area contributed by atoms with Crippen molar-refractivity contribution in [2.24, 2.45) is 22.9 Å². The highest BCUT2D eigenvalue weighted by Gasteiger charge is 2.34. The standard InChI is InChI=1S/C34H65N2O14P.C9H19NO3.CH5N/c1-31(2,3)50-30(37)22-41-25(14-38-12-13-49-51-23-48-34(8,9)47-21-29(51)36)15-40-26(16-39-24-10-11-43-32(4,5)44-18-24)17-42-28-20-46-33(6,7)45-19-27(28)35;1-4-11-8-6-13-9(2,3)12-5-7(8)10;1-2/h24-29H,10-23,35-36H2,1-9H3;7-8H,4-6,10H2,1-3H3;2H2,1H3. The molecule has 392 valence electrons. The Kier molecular flexibility index (Phi) is 28.0. The van der Waals surface area contributed by atoms with Crippen LogP contribution in [0.1, 0.15) is 89.5 Å². The molecule has 4 fully saturated rings. The SMILES string of the molecule is CC(C)(C)OC(=O)COC(COCCOP1COC(C)(C)OCC1N)COC(COC1CCOC(C)(C)OC1)COC1COC(C)(C)OCC1N.CCOC1COC(C)(C)OCC1N.CN. The summed E-state index contributed by atoms with van der Waals surface area (Å²) < 4.78 is 93.3. The molecular weight excluding hydrogens is 887 g/mol. The van der Waals surface area contributed by atoms with E-state index in [4.69, 9.17) is 92.8 Å². The van der Waals surface area contributed by atoms with Gasteiger partial charge in [0.05, 0.1) is 137 Å². The van der Waals surface area contributed by atoms with Gasteiger partial charge in [0.25, 0.3) is 0 Å². The molecule has 0 aromatic heterocycles. The number of carbonyl (C=O) groups is 1. The molecule has 4 aliphatic rings. The molecule has 4 heterocycles. The summed E-state index contributed by atoms with van der Waals surface area (Å²) in [5.74, 6) is -3.48. The van der Waals surface area contributed by atoms with Gasteiger partial charge in [0.2, 0.25) is 0 Å². The zero-order chi connectivity index (χ0) is 49.6. The van der Waals surface area contributed by atoms with E-state index in [-0.39, 0.29) is 76.9 Å². The molecule has 0 aromatic carbocycles. The van der Waals surface area contributed by atoms with Crippen molar-refractivity contribution in [3.63, 3.8) is 0 Å². The van der Waals surface area contributed by atoms with E-state index in [1.165, 1.54) is 7.05 Å². The monoisotopic (exact) mass is 977 g/mol. The normalized spacial score (nSPS) is 29.7. The van der Waals surface area contributed by atoms with E-state index in [1.807, 2.05) is 62.3 Å². The molecule has 9 atom stereocenters. The van der Waals surface area contributed by atoms with E-state index in [9.17, 15) is 4.79 Å². The molecule has 4 rings (SSSR count). The minimum atomic E-state index is -1.07. The molecule has 0 amide bonds. The first-order chi connectivity index (χ1) is 30.9. The molecule has 22 heteroatoms. The third kappa shape index (κ3) is 26.4. The van der Waals surface area contributed by atoms with Crippen molar-refractivity contribution in [1.29, 1.82) is 0 Å². The molecule has 0 radical (unpaired) electrons. The highest BCUT2D eigenvalue weighted by Crippen LogP contribution is 2.43. The smallest absolute Gasteiger partial charge is 0.332 e. The van der Waals surface area contributed by atoms with Gasteiger partial charge in [0.1, 0.15) is 24.4 Å². The lowest BCUT2D eigenvalue weighted by atomic mass is 10.2. The van der Waals surface area contributed by atoms with Gasteiger partial charge in [-0.2, -0.15) is 0 Å². The number of carbonyl (C=O) groups excluding carboxylic acids is 1. The van der Waals surface area contributed by atoms with Crippen LogP contribution in [0.2, 0.25) is 0 Å². The molecule has 21 nitrogen and oxygen atoms in total. The van der Waals surface area contributed by atoms with Gasteiger partial charge < -0.3 is 98.5 Å². The van der Waals surface area contributed by atoms with Crippen LogP contribution in [0.5, 0.6) is 0 Å². The van der Waals surface area contributed by atoms with Gasteiger partial charge in [0.15, 0.2) is 23.1 Å². The van der Waals surface area contributed by atoms with Crippen molar-refractivity contribution in [1.82, 2.24) is 0 Å². The fourth-order valence-electron chi connectivity index (χ4n) is 6.10. The predicted octanol–water partition coefficient (Wildman–Crippen LogP) is 2.68. The lowest BCUT2D eigenvalue weighted by molar-refractivity contribution is -0.207. The van der Waals surface area contributed by atoms with Gasteiger partial charge in [-0.25, -0.2) is 4.79 Å². The Morgan fingerprint density at radius 2 is 1.15 bits per heavy atom. The zero-order valence-electron chi connectivity index (χ0n) is 42.3. The Morgan fingerprint density at radius 3 is 1.76 bits per heavy atom. The Labute approximate surface area is 395 Å². The van der Waals surface area contributed by atoms with Crippen LogP contribution in [0.3, 0.4) is 0 Å². The molecular formula is C44H89N4O17P. The Hall–Kier alpha value is -0.860. The second-order valence-corrected chi connectivity index (χ2v) is 20.9. The topological polar surface area (TPSA) is 269 Å². The van der Waals surface area contributed by atoms with E-state index in [1.54, 1.807) is 20.8 Å². The van der Waals surface area contributed by atoms with E-state index in [0.717, 1.165) is 0 Å². The van der Waals surface area contributed by atoms with Crippen LogP contribution in [0.25, 0.3) is 0 Å². The quantitative estimate of drug-likeness (QED) is 0.0776. The van der Waals surface area contributed by atoms with Crippen LogP contribution in [0.4, 0.5) is 0 Å². The number of hydrogen-bond donors (Lipinski definition) is 4. The summed E-state index contributed by atoms with van der Waals surface area (Å²) in [5, 5.41) is 0. The third-order valence-electron chi connectivity index (χ3n) is 9.97. The third-order valence-corrected chi connectivity index (χ3v) is 11.8. The van der Waals surface area contributed by atoms with Crippen LogP contribution in [0.15, 0.2) is 0 Å². The van der Waals surface area contributed by atoms with Crippen molar-refractivity contribution in [2.45, 2.75) is 167 Å². The highest BCUT2D eigenvalue weighted by molar-refractivity contribution is 7.53. The van der Waals surface area contributed by atoms with Crippen molar-refractivity contribution >= 4 is 14.1 Å². The first-order valence-electron chi connectivity index (χ1n) is 23.1. The summed E-state index contributed by atoms with van der Waals surface area (Å²) in [6, 6.07) is -0.496. The second-order valence-electron chi connectivity index (χ2n) is 18.9. The van der Waals surface area contributed by atoms with E-state index >= 15 is 0 Å². The molecule has 0 aliphatic carbocycles. The summed E-state index contributed by atoms with van der Waals surface area (Å²) in [5.41, 5.74) is 22.3. The Balaban J connectivity index is 0.000000847. The molecule has 4 aliphatic heterocycles. The first-order valence-corrected chi connectivity index (χ1v) is 24.6. The number of rotatable bonds is 20. The zero-order valence-corrected chi connectivity index (χ0v) is 43.2. The minimum absolute atomic E-state index is 0.0493. The van der Waals surface area contributed by atoms with Gasteiger partial charge in [-0.05, 0) is 96.6 Å². The van der Waals surface area contributed by atoms with E-state index in [0.29, 0.717) is 59.0 Å². The minimum Gasteiger partial charge on any atom is -0.458 e. The Bertz CT molecular complexity index is 1320. The molecule has 0 bridgehead atoms. The number of hydrogen-bond acceptors (Lipinski definition) is 21. The van der Waals surface area contributed by atoms with E-state index in [2.05, 4.69) is 5.73 Å². The van der Waals surface area contributed by atoms with Crippen LogP contribution >= 0.6 is 8.15 Å². The molecule has 0 spiro atoms. The average molecular weight is 977 g/mol. The largest absolute Gasteiger partial charge is 0.458 e.